The van der Waals surface area contributed by atoms with Crippen molar-refractivity contribution in [2.24, 2.45) is 0 Å². The smallest absolute Gasteiger partial charge is 0.0864 e. The van der Waals surface area contributed by atoms with Gasteiger partial charge in [-0.05, 0) is 112 Å². The largest absolute Gasteiger partial charge is 0.200 e. The van der Waals surface area contributed by atoms with Gasteiger partial charge in [0.2, 0.25) is 0 Å². The van der Waals surface area contributed by atoms with E-state index in [0.717, 1.165) is 0 Å². The average Bonchev–Trinajstić information content (AvgIpc) is 4.16. The van der Waals surface area contributed by atoms with Crippen molar-refractivity contribution < 1.29 is 131 Å². The maximum absolute atomic E-state index is 2.26. The predicted octanol–water partition coefficient (Wildman–Crippen LogP) is 21.6. The number of rotatable bonds is 0. The van der Waals surface area contributed by atoms with Gasteiger partial charge in [-0.3, -0.25) is 0 Å². The van der Waals surface area contributed by atoms with E-state index in [1.807, 2.05) is 79.4 Å². The van der Waals surface area contributed by atoms with E-state index in [1.165, 1.54) is 101 Å². The molecule has 7 aromatic carbocycles. The van der Waals surface area contributed by atoms with Crippen LogP contribution in [-0.4, -0.2) is 0 Å². The minimum absolute atomic E-state index is 0. The van der Waals surface area contributed by atoms with Gasteiger partial charge in [-0.15, -0.1) is 148 Å². The fourth-order valence-corrected chi connectivity index (χ4v) is 16.9. The maximum Gasteiger partial charge on any atom is 0.0864 e. The summed E-state index contributed by atoms with van der Waals surface area (Å²) in [5, 5.41) is 32.0. The summed E-state index contributed by atoms with van der Waals surface area (Å²) in [4.78, 5) is 0. The van der Waals surface area contributed by atoms with E-state index in [0.29, 0.717) is 0 Å². The van der Waals surface area contributed by atoms with Crippen LogP contribution in [-0.2, 0) is 131 Å². The van der Waals surface area contributed by atoms with Crippen molar-refractivity contribution in [2.75, 3.05) is 0 Å². The normalized spacial score (nSPS) is 10.4. The summed E-state index contributed by atoms with van der Waals surface area (Å²) in [6.45, 7) is 0. The van der Waals surface area contributed by atoms with Crippen molar-refractivity contribution >= 4 is 203 Å². The first-order chi connectivity index (χ1) is 32.2. The Morgan fingerprint density at radius 3 is 1.06 bits per heavy atom. The first kappa shape index (κ1) is 55.9. The first-order valence-electron chi connectivity index (χ1n) is 20.8. The van der Waals surface area contributed by atoms with Crippen LogP contribution >= 0.6 is 102 Å². The SMILES string of the molecule is [Y].[Y].[Y].[Y].c1cc2[cH-]c3ccsc3c2s1.c1cc2ccsc2s1.c1cc2sc3ccsc3c2s1.c1cc2sccc2s1.c1ccc2c(c1)[cH-]c1ccccc12.c1ccc2cc3ccccc3cc2c1. The fourth-order valence-electron chi connectivity index (χ4n) is 7.79. The quantitative estimate of drug-likeness (QED) is 0.105. The molecule has 9 heterocycles. The van der Waals surface area contributed by atoms with Crippen molar-refractivity contribution in [1.82, 2.24) is 0 Å². The maximum atomic E-state index is 2.26. The van der Waals surface area contributed by atoms with Crippen molar-refractivity contribution in [1.29, 1.82) is 0 Å². The molecule has 0 nitrogen and oxygen atoms in total. The van der Waals surface area contributed by atoms with Gasteiger partial charge >= 0.3 is 0 Å². The summed E-state index contributed by atoms with van der Waals surface area (Å²) in [6.07, 6.45) is 0. The van der Waals surface area contributed by atoms with Gasteiger partial charge in [0.25, 0.3) is 0 Å². The van der Waals surface area contributed by atoms with Crippen molar-refractivity contribution in [3.05, 3.63) is 213 Å². The van der Waals surface area contributed by atoms with Crippen LogP contribution in [0.4, 0.5) is 0 Å². The summed E-state index contributed by atoms with van der Waals surface area (Å²) in [7, 11) is 0. The van der Waals surface area contributed by atoms with Gasteiger partial charge in [-0.1, -0.05) is 95.7 Å². The van der Waals surface area contributed by atoms with Crippen LogP contribution in [0.2, 0.25) is 0 Å². The van der Waals surface area contributed by atoms with Gasteiger partial charge in [-0.25, -0.2) is 22.7 Å². The molecule has 0 bridgehead atoms. The molecule has 0 atom stereocenters. The molecule has 328 valence electrons. The molecule has 0 aliphatic heterocycles. The summed E-state index contributed by atoms with van der Waals surface area (Å²) in [6, 6.07) is 60.4. The minimum atomic E-state index is 0. The Hall–Kier alpha value is -0.884. The molecule has 16 rings (SSSR count). The first-order valence-corrected chi connectivity index (χ1v) is 28.6. The third-order valence-electron chi connectivity index (χ3n) is 10.9. The molecule has 0 saturated heterocycles. The van der Waals surface area contributed by atoms with Crippen LogP contribution < -0.4 is 0 Å². The zero-order valence-electron chi connectivity index (χ0n) is 36.8. The summed E-state index contributed by atoms with van der Waals surface area (Å²) < 4.78 is 13.0. The Morgan fingerprint density at radius 1 is 0.261 bits per heavy atom. The van der Waals surface area contributed by atoms with Crippen molar-refractivity contribution in [3.8, 4) is 0 Å². The molecule has 0 fully saturated rings. The second kappa shape index (κ2) is 27.1. The topological polar surface area (TPSA) is 0 Å². The Labute approximate surface area is 537 Å². The van der Waals surface area contributed by atoms with E-state index >= 15 is 0 Å². The molecule has 4 radical (unpaired) electrons. The molecule has 16 aromatic rings. The monoisotopic (exact) mass is 1350 g/mol. The second-order valence-electron chi connectivity index (χ2n) is 14.9. The summed E-state index contributed by atoms with van der Waals surface area (Å²) in [5.41, 5.74) is 0. The molecular weight excluding hydrogens is 1320 g/mol. The van der Waals surface area contributed by atoms with Gasteiger partial charge < -0.3 is 0 Å². The number of hydrogen-bond donors (Lipinski definition) is 0. The Bertz CT molecular complexity index is 3570. The van der Waals surface area contributed by atoms with Crippen LogP contribution in [0.15, 0.2) is 213 Å². The Balaban J connectivity index is 0.000000122. The zero-order chi connectivity index (χ0) is 43.4. The molecule has 0 aliphatic carbocycles. The molecule has 0 aliphatic rings. The van der Waals surface area contributed by atoms with Crippen molar-refractivity contribution in [3.63, 3.8) is 0 Å². The summed E-state index contributed by atoms with van der Waals surface area (Å²) in [5.74, 6) is 0. The molecule has 0 unspecified atom stereocenters. The molecule has 0 amide bonds. The third-order valence-corrected chi connectivity index (χ3v) is 20.2. The zero-order valence-corrected chi connectivity index (χ0v) is 55.5. The van der Waals surface area contributed by atoms with Crippen LogP contribution in [0, 0.1) is 0 Å². The van der Waals surface area contributed by atoms with E-state index in [2.05, 4.69) is 213 Å². The molecule has 9 aromatic heterocycles. The number of thiophene rings is 9. The minimum Gasteiger partial charge on any atom is -0.200 e. The number of benzene rings is 5. The van der Waals surface area contributed by atoms with Crippen molar-refractivity contribution in [2.45, 2.75) is 0 Å². The third kappa shape index (κ3) is 13.1. The standard InChI is InChI=1S/C14H10.C13H9.C9H5S2.C8H4S3.2C6H4S2.4Y/c1-2-6-12-10-14-8-4-3-7-13(14)9-11(12)5-1;1-3-7-12-10(5-1)9-11-6-2-4-8-13(11)12;1-3-10-8-6(1)5-7-2-4-11-9(7)8;1-3-9-7-5(1)11-6-2-4-10-8(6)7;1-3-7-6-2-4-8-5(1)6;1-3-7-6-5(1)2-4-8-6;;;;/h1-10H;1-9H;1-5H;1-4H;2*1-4H;;;;/q;2*-1;;;;;;;. The Morgan fingerprint density at radius 2 is 0.609 bits per heavy atom. The van der Waals surface area contributed by atoms with Gasteiger partial charge in [-0.2, -0.15) is 0 Å². The fraction of sp³-hybridized carbons (Fsp3) is 0. The molecule has 13 heteroatoms. The Kier molecular flexibility index (Phi) is 21.9. The van der Waals surface area contributed by atoms with Gasteiger partial charge in [0.15, 0.2) is 0 Å². The van der Waals surface area contributed by atoms with E-state index in [-0.39, 0.29) is 131 Å². The van der Waals surface area contributed by atoms with Crippen LogP contribution in [0.5, 0.6) is 0 Å². The van der Waals surface area contributed by atoms with E-state index in [9.17, 15) is 0 Å². The van der Waals surface area contributed by atoms with Gasteiger partial charge in [0.05, 0.1) is 13.4 Å². The van der Waals surface area contributed by atoms with Crippen LogP contribution in [0.1, 0.15) is 0 Å². The molecular formula is C56H36S9Y4-2. The van der Waals surface area contributed by atoms with Crippen LogP contribution in [0.3, 0.4) is 0 Å². The summed E-state index contributed by atoms with van der Waals surface area (Å²) >= 11 is 16.5. The second-order valence-corrected chi connectivity index (χ2v) is 23.6. The predicted molar refractivity (Wildman–Crippen MR) is 306 cm³/mol. The van der Waals surface area contributed by atoms with Gasteiger partial charge in [0, 0.05) is 155 Å². The van der Waals surface area contributed by atoms with E-state index < -0.39 is 0 Å². The molecule has 0 spiro atoms. The van der Waals surface area contributed by atoms with E-state index in [4.69, 9.17) is 0 Å². The number of hydrogen-bond acceptors (Lipinski definition) is 9. The van der Waals surface area contributed by atoms with Gasteiger partial charge in [0.1, 0.15) is 0 Å². The molecule has 0 saturated carbocycles. The molecule has 0 N–H and O–H groups in total. The molecule has 69 heavy (non-hydrogen) atoms. The number of fused-ring (bicyclic) bond motifs is 13. The van der Waals surface area contributed by atoms with Crippen LogP contribution in [0.25, 0.3) is 101 Å². The average molecular weight is 1350 g/mol. The van der Waals surface area contributed by atoms with E-state index in [1.54, 1.807) is 22.7 Å².